The highest BCUT2D eigenvalue weighted by molar-refractivity contribution is 7.09. The third-order valence-corrected chi connectivity index (χ3v) is 5.17. The zero-order valence-electron chi connectivity index (χ0n) is 12.5. The Morgan fingerprint density at radius 2 is 2.36 bits per heavy atom. The number of aromatic nitrogens is 1. The topological polar surface area (TPSA) is 83.6 Å². The van der Waals surface area contributed by atoms with Crippen molar-refractivity contribution in [1.82, 2.24) is 20.5 Å². The van der Waals surface area contributed by atoms with E-state index >= 15 is 0 Å². The number of nitrogens with zero attached hydrogens (tertiary/aromatic N) is 2. The molecule has 0 aliphatic carbocycles. The molecule has 2 N–H and O–H groups in total. The highest BCUT2D eigenvalue weighted by Gasteiger charge is 2.43. The van der Waals surface area contributed by atoms with Crippen molar-refractivity contribution in [2.75, 3.05) is 19.6 Å². The van der Waals surface area contributed by atoms with Crippen molar-refractivity contribution in [2.45, 2.75) is 37.8 Å². The first-order valence-corrected chi connectivity index (χ1v) is 8.41. The Kier molecular flexibility index (Phi) is 4.19. The summed E-state index contributed by atoms with van der Waals surface area (Å²) in [7, 11) is 0. The molecular formula is C14H20N4O3S. The van der Waals surface area contributed by atoms with Crippen LogP contribution >= 0.6 is 11.3 Å². The summed E-state index contributed by atoms with van der Waals surface area (Å²) in [5, 5.41) is 8.58. The van der Waals surface area contributed by atoms with Crippen molar-refractivity contribution in [3.05, 3.63) is 16.6 Å². The molecule has 2 saturated heterocycles. The standard InChI is InChI=1S/C14H20N4O3S/c1-2-10(11-15-5-8-22-11)17-12(19)18-6-3-14(4-7-18)9-16-13(20)21-14/h5,8,10H,2-4,6-7,9H2,1H3,(H,16,20)(H,17,19)/t10-/m1/s1. The van der Waals surface area contributed by atoms with Gasteiger partial charge in [-0.05, 0) is 6.42 Å². The van der Waals surface area contributed by atoms with Gasteiger partial charge in [-0.15, -0.1) is 11.3 Å². The Bertz CT molecular complexity index is 540. The van der Waals surface area contributed by atoms with Crippen molar-refractivity contribution >= 4 is 23.5 Å². The van der Waals surface area contributed by atoms with E-state index in [9.17, 15) is 9.59 Å². The van der Waals surface area contributed by atoms with Crippen LogP contribution in [0.25, 0.3) is 0 Å². The summed E-state index contributed by atoms with van der Waals surface area (Å²) in [6.45, 7) is 3.75. The molecular weight excluding hydrogens is 304 g/mol. The van der Waals surface area contributed by atoms with Crippen molar-refractivity contribution in [1.29, 1.82) is 0 Å². The highest BCUT2D eigenvalue weighted by atomic mass is 32.1. The average Bonchev–Trinajstić information content (AvgIpc) is 3.16. The lowest BCUT2D eigenvalue weighted by Gasteiger charge is -2.37. The molecule has 3 amide bonds. The number of rotatable bonds is 3. The van der Waals surface area contributed by atoms with Crippen LogP contribution in [0.4, 0.5) is 9.59 Å². The third-order valence-electron chi connectivity index (χ3n) is 4.28. The lowest BCUT2D eigenvalue weighted by atomic mass is 9.92. The number of nitrogens with one attached hydrogen (secondary N) is 2. The number of piperidine rings is 1. The van der Waals surface area contributed by atoms with E-state index in [0.717, 1.165) is 11.4 Å². The molecule has 3 rings (SSSR count). The van der Waals surface area contributed by atoms with Crippen LogP contribution in [-0.4, -0.2) is 47.2 Å². The molecule has 2 aliphatic rings. The van der Waals surface area contributed by atoms with Gasteiger partial charge in [0.05, 0.1) is 12.6 Å². The fraction of sp³-hybridized carbons (Fsp3) is 0.643. The molecule has 1 aromatic heterocycles. The van der Waals surface area contributed by atoms with Gasteiger partial charge in [-0.1, -0.05) is 6.92 Å². The van der Waals surface area contributed by atoms with Crippen molar-refractivity contribution in [2.24, 2.45) is 0 Å². The number of ether oxygens (including phenoxy) is 1. The zero-order valence-corrected chi connectivity index (χ0v) is 13.3. The second-order valence-corrected chi connectivity index (χ2v) is 6.62. The van der Waals surface area contributed by atoms with Gasteiger partial charge < -0.3 is 20.3 Å². The maximum Gasteiger partial charge on any atom is 0.407 e. The molecule has 8 heteroatoms. The fourth-order valence-electron chi connectivity index (χ4n) is 2.88. The van der Waals surface area contributed by atoms with Gasteiger partial charge in [-0.25, -0.2) is 14.6 Å². The van der Waals surface area contributed by atoms with Gasteiger partial charge in [0.25, 0.3) is 0 Å². The van der Waals surface area contributed by atoms with E-state index in [1.807, 2.05) is 12.3 Å². The van der Waals surface area contributed by atoms with Crippen LogP contribution in [-0.2, 0) is 4.74 Å². The number of amides is 3. The number of alkyl carbamates (subject to hydrolysis) is 1. The molecule has 0 bridgehead atoms. The normalized spacial score (nSPS) is 21.3. The van der Waals surface area contributed by atoms with Gasteiger partial charge in [0.15, 0.2) is 0 Å². The van der Waals surface area contributed by atoms with Crippen LogP contribution in [0.15, 0.2) is 11.6 Å². The maximum absolute atomic E-state index is 12.4. The minimum absolute atomic E-state index is 0.0469. The van der Waals surface area contributed by atoms with Gasteiger partial charge in [0.1, 0.15) is 10.6 Å². The Morgan fingerprint density at radius 3 is 2.91 bits per heavy atom. The molecule has 120 valence electrons. The summed E-state index contributed by atoms with van der Waals surface area (Å²) in [6, 6.07) is -0.122. The van der Waals surface area contributed by atoms with Gasteiger partial charge >= 0.3 is 12.1 Å². The Hall–Kier alpha value is -1.83. The van der Waals surface area contributed by atoms with Gasteiger partial charge in [0, 0.05) is 37.5 Å². The monoisotopic (exact) mass is 324 g/mol. The summed E-state index contributed by atoms with van der Waals surface area (Å²) in [4.78, 5) is 29.7. The molecule has 7 nitrogen and oxygen atoms in total. The second kappa shape index (κ2) is 6.12. The van der Waals surface area contributed by atoms with E-state index in [1.54, 1.807) is 22.4 Å². The molecule has 1 aromatic rings. The lowest BCUT2D eigenvalue weighted by Crippen LogP contribution is -2.51. The summed E-state index contributed by atoms with van der Waals surface area (Å²) in [6.07, 6.45) is 3.55. The quantitative estimate of drug-likeness (QED) is 0.889. The maximum atomic E-state index is 12.4. The van der Waals surface area contributed by atoms with E-state index in [0.29, 0.717) is 32.5 Å². The van der Waals surface area contributed by atoms with Crippen LogP contribution in [0.5, 0.6) is 0 Å². The lowest BCUT2D eigenvalue weighted by molar-refractivity contribution is 0.00952. The SMILES string of the molecule is CC[C@@H](NC(=O)N1CCC2(CC1)CNC(=O)O2)c1nccs1. The molecule has 1 atom stereocenters. The highest BCUT2D eigenvalue weighted by Crippen LogP contribution is 2.29. The molecule has 2 fully saturated rings. The number of carbonyl (C=O) groups is 2. The Balaban J connectivity index is 1.54. The number of carbonyl (C=O) groups excluding carboxylic acids is 2. The predicted octanol–water partition coefficient (Wildman–Crippen LogP) is 1.88. The first-order valence-electron chi connectivity index (χ1n) is 7.53. The summed E-state index contributed by atoms with van der Waals surface area (Å²) in [5.74, 6) is 0. The largest absolute Gasteiger partial charge is 0.441 e. The second-order valence-electron chi connectivity index (χ2n) is 5.69. The third kappa shape index (κ3) is 3.01. The van der Waals surface area contributed by atoms with Crippen LogP contribution in [0.1, 0.15) is 37.2 Å². The zero-order chi connectivity index (χ0) is 15.6. The molecule has 0 saturated carbocycles. The summed E-state index contributed by atoms with van der Waals surface area (Å²) >= 11 is 1.55. The number of hydrogen-bond acceptors (Lipinski definition) is 5. The van der Waals surface area contributed by atoms with Crippen LogP contribution in [0.2, 0.25) is 0 Å². The van der Waals surface area contributed by atoms with E-state index in [4.69, 9.17) is 4.74 Å². The molecule has 22 heavy (non-hydrogen) atoms. The number of hydrogen-bond donors (Lipinski definition) is 2. The first-order chi connectivity index (χ1) is 10.6. The molecule has 3 heterocycles. The Labute approximate surface area is 133 Å². The van der Waals surface area contributed by atoms with Crippen LogP contribution < -0.4 is 10.6 Å². The van der Waals surface area contributed by atoms with E-state index < -0.39 is 5.60 Å². The van der Waals surface area contributed by atoms with E-state index in [1.165, 1.54) is 0 Å². The van der Waals surface area contributed by atoms with E-state index in [2.05, 4.69) is 15.6 Å². The van der Waals surface area contributed by atoms with Gasteiger partial charge in [-0.3, -0.25) is 0 Å². The number of thiazole rings is 1. The van der Waals surface area contributed by atoms with Crippen molar-refractivity contribution < 1.29 is 14.3 Å². The molecule has 2 aliphatic heterocycles. The van der Waals surface area contributed by atoms with Gasteiger partial charge in [0.2, 0.25) is 0 Å². The fourth-order valence-corrected chi connectivity index (χ4v) is 3.66. The number of urea groups is 1. The molecule has 1 spiro atoms. The molecule has 0 radical (unpaired) electrons. The van der Waals surface area contributed by atoms with Gasteiger partial charge in [-0.2, -0.15) is 0 Å². The van der Waals surface area contributed by atoms with Crippen molar-refractivity contribution in [3.8, 4) is 0 Å². The van der Waals surface area contributed by atoms with Crippen LogP contribution in [0.3, 0.4) is 0 Å². The first kappa shape index (κ1) is 15.1. The van der Waals surface area contributed by atoms with Crippen LogP contribution in [0, 0.1) is 0 Å². The minimum atomic E-state index is -0.423. The minimum Gasteiger partial charge on any atom is -0.441 e. The average molecular weight is 324 g/mol. The summed E-state index contributed by atoms with van der Waals surface area (Å²) in [5.41, 5.74) is -0.423. The summed E-state index contributed by atoms with van der Waals surface area (Å²) < 4.78 is 5.36. The van der Waals surface area contributed by atoms with Crippen molar-refractivity contribution in [3.63, 3.8) is 0 Å². The number of likely N-dealkylation sites (tertiary alicyclic amines) is 1. The molecule has 0 aromatic carbocycles. The predicted molar refractivity (Wildman–Crippen MR) is 81.7 cm³/mol. The smallest absolute Gasteiger partial charge is 0.407 e. The molecule has 0 unspecified atom stereocenters. The van der Waals surface area contributed by atoms with E-state index in [-0.39, 0.29) is 18.2 Å². The Morgan fingerprint density at radius 1 is 1.59 bits per heavy atom.